The normalized spacial score (nSPS) is 11.4. The number of nitrogens with one attached hydrogen (secondary N) is 2. The molecule has 0 saturated carbocycles. The van der Waals surface area contributed by atoms with Gasteiger partial charge in [-0.1, -0.05) is 42.0 Å². The predicted octanol–water partition coefficient (Wildman–Crippen LogP) is 3.49. The zero-order valence-electron chi connectivity index (χ0n) is 12.9. The van der Waals surface area contributed by atoms with Crippen LogP contribution >= 0.6 is 0 Å². The van der Waals surface area contributed by atoms with Gasteiger partial charge in [0.05, 0.1) is 4.90 Å². The fraction of sp³-hybridized carbons (Fsp3) is 0.118. The number of aromatic nitrogens is 2. The van der Waals surface area contributed by atoms with Crippen LogP contribution in [0.5, 0.6) is 0 Å². The Morgan fingerprint density at radius 1 is 1.00 bits per heavy atom. The molecule has 0 aliphatic heterocycles. The number of aromatic amines is 1. The van der Waals surface area contributed by atoms with Crippen LogP contribution in [0.2, 0.25) is 0 Å². The van der Waals surface area contributed by atoms with Crippen molar-refractivity contribution in [2.45, 2.75) is 18.7 Å². The van der Waals surface area contributed by atoms with Gasteiger partial charge in [-0.3, -0.25) is 9.82 Å². The first-order valence-electron chi connectivity index (χ1n) is 7.16. The highest BCUT2D eigenvalue weighted by atomic mass is 32.2. The molecule has 3 aromatic rings. The van der Waals surface area contributed by atoms with E-state index in [0.717, 1.165) is 22.3 Å². The van der Waals surface area contributed by atoms with Crippen LogP contribution in [-0.4, -0.2) is 18.6 Å². The average molecular weight is 327 g/mol. The number of H-pyrrole nitrogens is 1. The molecule has 0 atom stereocenters. The summed E-state index contributed by atoms with van der Waals surface area (Å²) in [5, 5.41) is 6.79. The highest BCUT2D eigenvalue weighted by molar-refractivity contribution is 7.92. The van der Waals surface area contributed by atoms with Crippen molar-refractivity contribution in [3.05, 3.63) is 65.9 Å². The van der Waals surface area contributed by atoms with Gasteiger partial charge in [-0.25, -0.2) is 8.42 Å². The Morgan fingerprint density at radius 2 is 1.74 bits per heavy atom. The summed E-state index contributed by atoms with van der Waals surface area (Å²) < 4.78 is 27.5. The topological polar surface area (TPSA) is 74.8 Å². The third kappa shape index (κ3) is 3.12. The number of aryl methyl sites for hydroxylation is 2. The van der Waals surface area contributed by atoms with Gasteiger partial charge in [-0.05, 0) is 37.1 Å². The van der Waals surface area contributed by atoms with Gasteiger partial charge in [0, 0.05) is 11.8 Å². The lowest BCUT2D eigenvalue weighted by atomic mass is 10.0. The van der Waals surface area contributed by atoms with Gasteiger partial charge in [0.2, 0.25) is 0 Å². The summed E-state index contributed by atoms with van der Waals surface area (Å²) in [5.41, 5.74) is 3.88. The molecule has 1 heterocycles. The van der Waals surface area contributed by atoms with Crippen molar-refractivity contribution >= 4 is 15.8 Å². The average Bonchev–Trinajstić information content (AvgIpc) is 2.95. The van der Waals surface area contributed by atoms with Gasteiger partial charge in [-0.2, -0.15) is 5.10 Å². The van der Waals surface area contributed by atoms with Crippen LogP contribution in [0.1, 0.15) is 11.1 Å². The van der Waals surface area contributed by atoms with Crippen molar-refractivity contribution in [3.8, 4) is 11.1 Å². The van der Waals surface area contributed by atoms with E-state index in [4.69, 9.17) is 0 Å². The number of hydrogen-bond acceptors (Lipinski definition) is 3. The Labute approximate surface area is 135 Å². The zero-order valence-corrected chi connectivity index (χ0v) is 13.7. The molecule has 0 radical (unpaired) electrons. The fourth-order valence-electron chi connectivity index (χ4n) is 2.47. The van der Waals surface area contributed by atoms with Gasteiger partial charge in [0.15, 0.2) is 5.82 Å². The van der Waals surface area contributed by atoms with Crippen molar-refractivity contribution in [3.63, 3.8) is 0 Å². The van der Waals surface area contributed by atoms with Gasteiger partial charge in [0.25, 0.3) is 10.0 Å². The maximum absolute atomic E-state index is 12.5. The van der Waals surface area contributed by atoms with Gasteiger partial charge in [-0.15, -0.1) is 0 Å². The first-order valence-corrected chi connectivity index (χ1v) is 8.65. The van der Waals surface area contributed by atoms with E-state index in [1.807, 2.05) is 26.0 Å². The molecule has 0 aliphatic rings. The number of rotatable bonds is 4. The molecule has 0 amide bonds. The van der Waals surface area contributed by atoms with E-state index in [2.05, 4.69) is 21.0 Å². The summed E-state index contributed by atoms with van der Waals surface area (Å²) in [5.74, 6) is 0.292. The van der Waals surface area contributed by atoms with E-state index in [-0.39, 0.29) is 4.90 Å². The molecule has 0 bridgehead atoms. The summed E-state index contributed by atoms with van der Waals surface area (Å²) in [6.07, 6.45) is 1.69. The molecule has 0 unspecified atom stereocenters. The highest BCUT2D eigenvalue weighted by Gasteiger charge is 2.18. The summed E-state index contributed by atoms with van der Waals surface area (Å²) in [4.78, 5) is 0.203. The largest absolute Gasteiger partial charge is 0.283 e. The smallest absolute Gasteiger partial charge is 0.263 e. The standard InChI is InChI=1S/C17H17N3O2S/c1-12-8-9-15(13(2)10-12)16-11-18-19-17(16)20-23(21,22)14-6-4-3-5-7-14/h3-11H,1-2H3,(H2,18,19,20). The second-order valence-electron chi connectivity index (χ2n) is 5.38. The van der Waals surface area contributed by atoms with Gasteiger partial charge < -0.3 is 0 Å². The Kier molecular flexibility index (Phi) is 3.92. The summed E-state index contributed by atoms with van der Waals surface area (Å²) >= 11 is 0. The summed E-state index contributed by atoms with van der Waals surface area (Å²) in [6, 6.07) is 14.2. The van der Waals surface area contributed by atoms with Crippen molar-refractivity contribution in [1.82, 2.24) is 10.2 Å². The van der Waals surface area contributed by atoms with Crippen molar-refractivity contribution < 1.29 is 8.42 Å². The number of sulfonamides is 1. The molecule has 2 N–H and O–H groups in total. The molecular formula is C17H17N3O2S. The third-order valence-electron chi connectivity index (χ3n) is 3.60. The Hall–Kier alpha value is -2.60. The predicted molar refractivity (Wildman–Crippen MR) is 90.7 cm³/mol. The molecule has 0 spiro atoms. The lowest BCUT2D eigenvalue weighted by molar-refractivity contribution is 0.601. The minimum atomic E-state index is -3.67. The molecule has 6 heteroatoms. The number of anilines is 1. The maximum Gasteiger partial charge on any atom is 0.263 e. The SMILES string of the molecule is Cc1ccc(-c2c[nH]nc2NS(=O)(=O)c2ccccc2)c(C)c1. The van der Waals surface area contributed by atoms with Crippen LogP contribution in [0, 0.1) is 13.8 Å². The third-order valence-corrected chi connectivity index (χ3v) is 4.95. The zero-order chi connectivity index (χ0) is 16.4. The monoisotopic (exact) mass is 327 g/mol. The Balaban J connectivity index is 1.99. The highest BCUT2D eigenvalue weighted by Crippen LogP contribution is 2.30. The number of hydrogen-bond donors (Lipinski definition) is 2. The van der Waals surface area contributed by atoms with Crippen LogP contribution < -0.4 is 4.72 Å². The van der Waals surface area contributed by atoms with E-state index in [0.29, 0.717) is 5.82 Å². The summed E-state index contributed by atoms with van der Waals surface area (Å²) in [7, 11) is -3.67. The van der Waals surface area contributed by atoms with Crippen LogP contribution in [0.25, 0.3) is 11.1 Å². The molecule has 23 heavy (non-hydrogen) atoms. The van der Waals surface area contributed by atoms with Crippen LogP contribution in [0.4, 0.5) is 5.82 Å². The quantitative estimate of drug-likeness (QED) is 0.770. The first kappa shape index (κ1) is 15.3. The molecule has 0 aliphatic carbocycles. The molecular weight excluding hydrogens is 310 g/mol. The summed E-state index contributed by atoms with van der Waals surface area (Å²) in [6.45, 7) is 4.01. The molecule has 0 fully saturated rings. The van der Waals surface area contributed by atoms with E-state index in [1.54, 1.807) is 36.5 Å². The number of benzene rings is 2. The van der Waals surface area contributed by atoms with Crippen LogP contribution in [0.3, 0.4) is 0 Å². The molecule has 118 valence electrons. The van der Waals surface area contributed by atoms with E-state index in [9.17, 15) is 8.42 Å². The second-order valence-corrected chi connectivity index (χ2v) is 7.07. The van der Waals surface area contributed by atoms with Crippen molar-refractivity contribution in [2.75, 3.05) is 4.72 Å². The Bertz CT molecular complexity index is 931. The molecule has 0 saturated heterocycles. The molecule has 5 nitrogen and oxygen atoms in total. The van der Waals surface area contributed by atoms with Crippen molar-refractivity contribution in [1.29, 1.82) is 0 Å². The first-order chi connectivity index (χ1) is 11.0. The molecule has 1 aromatic heterocycles. The van der Waals surface area contributed by atoms with Gasteiger partial charge in [0.1, 0.15) is 0 Å². The fourth-order valence-corrected chi connectivity index (χ4v) is 3.52. The second kappa shape index (κ2) is 5.89. The minimum absolute atomic E-state index is 0.203. The van der Waals surface area contributed by atoms with E-state index >= 15 is 0 Å². The maximum atomic E-state index is 12.5. The van der Waals surface area contributed by atoms with Crippen molar-refractivity contribution in [2.24, 2.45) is 0 Å². The van der Waals surface area contributed by atoms with Gasteiger partial charge >= 0.3 is 0 Å². The Morgan fingerprint density at radius 3 is 2.43 bits per heavy atom. The van der Waals surface area contributed by atoms with E-state index in [1.165, 1.54) is 0 Å². The lowest BCUT2D eigenvalue weighted by Gasteiger charge is -2.10. The van der Waals surface area contributed by atoms with E-state index < -0.39 is 10.0 Å². The number of nitrogens with zero attached hydrogens (tertiary/aromatic N) is 1. The van der Waals surface area contributed by atoms with Crippen LogP contribution in [0.15, 0.2) is 59.6 Å². The lowest BCUT2D eigenvalue weighted by Crippen LogP contribution is -2.13. The molecule has 3 rings (SSSR count). The van der Waals surface area contributed by atoms with Crippen LogP contribution in [-0.2, 0) is 10.0 Å². The minimum Gasteiger partial charge on any atom is -0.283 e. The molecule has 2 aromatic carbocycles.